The molecule has 0 aliphatic heterocycles. The molecular formula is C26H37N. The van der Waals surface area contributed by atoms with E-state index in [0.29, 0.717) is 11.3 Å². The van der Waals surface area contributed by atoms with E-state index in [2.05, 4.69) is 50.2 Å². The third-order valence-corrected chi connectivity index (χ3v) is 8.84. The maximum Gasteiger partial charge on any atom is 0.0361 e. The monoisotopic (exact) mass is 363 g/mol. The lowest BCUT2D eigenvalue weighted by atomic mass is 9.52. The van der Waals surface area contributed by atoms with E-state index in [4.69, 9.17) is 0 Å². The van der Waals surface area contributed by atoms with Gasteiger partial charge in [-0.1, -0.05) is 43.0 Å². The van der Waals surface area contributed by atoms with Gasteiger partial charge in [0.15, 0.2) is 0 Å². The summed E-state index contributed by atoms with van der Waals surface area (Å²) in [5.74, 6) is 3.50. The maximum absolute atomic E-state index is 2.64. The van der Waals surface area contributed by atoms with E-state index < -0.39 is 0 Å². The average molecular weight is 364 g/mol. The van der Waals surface area contributed by atoms with Gasteiger partial charge in [0.05, 0.1) is 0 Å². The molecular weight excluding hydrogens is 326 g/mol. The van der Waals surface area contributed by atoms with Crippen LogP contribution in [-0.4, -0.2) is 14.1 Å². The van der Waals surface area contributed by atoms with Crippen molar-refractivity contribution in [3.63, 3.8) is 0 Å². The molecule has 0 bridgehead atoms. The predicted molar refractivity (Wildman–Crippen MR) is 115 cm³/mol. The van der Waals surface area contributed by atoms with Crippen LogP contribution in [0.15, 0.2) is 35.4 Å². The normalized spacial score (nSPS) is 38.2. The second-order valence-corrected chi connectivity index (χ2v) is 10.5. The zero-order chi connectivity index (χ0) is 18.6. The third-order valence-electron chi connectivity index (χ3n) is 8.84. The smallest absolute Gasteiger partial charge is 0.0361 e. The maximum atomic E-state index is 2.64. The van der Waals surface area contributed by atoms with Crippen molar-refractivity contribution in [2.45, 2.75) is 77.0 Å². The molecule has 0 N–H and O–H groups in total. The number of fused-ring (bicyclic) bond motifs is 4. The Kier molecular flexibility index (Phi) is 4.41. The van der Waals surface area contributed by atoms with Gasteiger partial charge in [-0.15, -0.1) is 0 Å². The van der Waals surface area contributed by atoms with E-state index >= 15 is 0 Å². The van der Waals surface area contributed by atoms with E-state index in [9.17, 15) is 0 Å². The fraction of sp³-hybridized carbons (Fsp3) is 0.692. The summed E-state index contributed by atoms with van der Waals surface area (Å²) in [6.07, 6.45) is 14.6. The summed E-state index contributed by atoms with van der Waals surface area (Å²) in [7, 11) is 4.29. The van der Waals surface area contributed by atoms with Crippen molar-refractivity contribution >= 4 is 5.69 Å². The first-order valence-corrected chi connectivity index (χ1v) is 11.6. The highest BCUT2D eigenvalue weighted by Gasteiger charge is 2.52. The summed E-state index contributed by atoms with van der Waals surface area (Å²) in [6.45, 7) is 2.64. The van der Waals surface area contributed by atoms with Crippen LogP contribution in [-0.2, 0) is 0 Å². The first-order chi connectivity index (χ1) is 13.1. The lowest BCUT2D eigenvalue weighted by molar-refractivity contribution is 0.0949. The molecule has 27 heavy (non-hydrogen) atoms. The molecule has 0 saturated heterocycles. The molecule has 0 amide bonds. The van der Waals surface area contributed by atoms with Gasteiger partial charge in [0.2, 0.25) is 0 Å². The van der Waals surface area contributed by atoms with Gasteiger partial charge in [-0.3, -0.25) is 0 Å². The first kappa shape index (κ1) is 17.8. The molecule has 3 saturated carbocycles. The molecule has 0 radical (unpaired) electrons. The molecule has 5 rings (SSSR count). The van der Waals surface area contributed by atoms with E-state index in [1.54, 1.807) is 5.56 Å². The van der Waals surface area contributed by atoms with Crippen LogP contribution in [0.3, 0.4) is 0 Å². The van der Waals surface area contributed by atoms with Crippen LogP contribution in [0.1, 0.15) is 82.6 Å². The van der Waals surface area contributed by atoms with Crippen molar-refractivity contribution in [1.82, 2.24) is 0 Å². The molecule has 4 aliphatic rings. The van der Waals surface area contributed by atoms with Crippen molar-refractivity contribution in [3.05, 3.63) is 41.0 Å². The zero-order valence-electron chi connectivity index (χ0n) is 17.6. The number of benzene rings is 1. The molecule has 146 valence electrons. The minimum atomic E-state index is 0.584. The van der Waals surface area contributed by atoms with Gasteiger partial charge in [0, 0.05) is 25.7 Å². The van der Waals surface area contributed by atoms with Crippen LogP contribution < -0.4 is 4.90 Å². The molecule has 1 unspecified atom stereocenters. The topological polar surface area (TPSA) is 3.24 Å². The number of anilines is 1. The van der Waals surface area contributed by atoms with E-state index in [1.807, 2.05) is 11.1 Å². The summed E-state index contributed by atoms with van der Waals surface area (Å²) in [4.78, 5) is 2.22. The molecule has 0 aromatic heterocycles. The first-order valence-electron chi connectivity index (χ1n) is 11.6. The van der Waals surface area contributed by atoms with Crippen LogP contribution >= 0.6 is 0 Å². The van der Waals surface area contributed by atoms with Gasteiger partial charge in [-0.2, -0.15) is 0 Å². The van der Waals surface area contributed by atoms with E-state index in [1.165, 1.54) is 69.9 Å². The van der Waals surface area contributed by atoms with Crippen LogP contribution in [0.25, 0.3) is 0 Å². The highest BCUT2D eigenvalue weighted by molar-refractivity contribution is 5.49. The van der Waals surface area contributed by atoms with Gasteiger partial charge in [0.25, 0.3) is 0 Å². The Morgan fingerprint density at radius 3 is 2.52 bits per heavy atom. The summed E-state index contributed by atoms with van der Waals surface area (Å²) in [5.41, 5.74) is 7.40. The van der Waals surface area contributed by atoms with E-state index in [-0.39, 0.29) is 0 Å². The Balaban J connectivity index is 1.60. The van der Waals surface area contributed by atoms with Crippen molar-refractivity contribution in [1.29, 1.82) is 0 Å². The minimum absolute atomic E-state index is 0.584. The highest BCUT2D eigenvalue weighted by atomic mass is 15.1. The molecule has 0 spiro atoms. The Labute approximate surface area is 166 Å². The number of nitrogens with zero attached hydrogens (tertiary/aromatic N) is 1. The zero-order valence-corrected chi connectivity index (χ0v) is 17.6. The number of hydrogen-bond donors (Lipinski definition) is 0. The lowest BCUT2D eigenvalue weighted by Crippen LogP contribution is -2.41. The molecule has 3 fully saturated rings. The largest absolute Gasteiger partial charge is 0.378 e. The van der Waals surface area contributed by atoms with Crippen LogP contribution in [0.2, 0.25) is 0 Å². The SMILES string of the molecule is CN(C)c1ccc([C@H]2C[C@]3(C)CCC[C@H]3[C@@H]3CCC4CCCCC4=C32)cc1. The molecule has 1 aromatic carbocycles. The molecule has 4 aliphatic carbocycles. The fourth-order valence-corrected chi connectivity index (χ4v) is 7.54. The van der Waals surface area contributed by atoms with Crippen LogP contribution in [0.5, 0.6) is 0 Å². The van der Waals surface area contributed by atoms with Gasteiger partial charge >= 0.3 is 0 Å². The Hall–Kier alpha value is -1.24. The fourth-order valence-electron chi connectivity index (χ4n) is 7.54. The van der Waals surface area contributed by atoms with Crippen molar-refractivity contribution in [2.75, 3.05) is 19.0 Å². The minimum Gasteiger partial charge on any atom is -0.378 e. The second-order valence-electron chi connectivity index (χ2n) is 10.5. The van der Waals surface area contributed by atoms with Crippen LogP contribution in [0.4, 0.5) is 5.69 Å². The predicted octanol–water partition coefficient (Wildman–Crippen LogP) is 6.94. The Bertz CT molecular complexity index is 727. The van der Waals surface area contributed by atoms with Crippen LogP contribution in [0, 0.1) is 23.2 Å². The van der Waals surface area contributed by atoms with E-state index in [0.717, 1.165) is 17.8 Å². The number of hydrogen-bond acceptors (Lipinski definition) is 1. The number of allylic oxidation sites excluding steroid dienone is 2. The summed E-state index contributed by atoms with van der Waals surface area (Å²) < 4.78 is 0. The number of rotatable bonds is 2. The van der Waals surface area contributed by atoms with Crippen molar-refractivity contribution < 1.29 is 0 Å². The summed E-state index contributed by atoms with van der Waals surface area (Å²) in [6, 6.07) is 9.60. The second kappa shape index (κ2) is 6.68. The Morgan fingerprint density at radius 1 is 0.926 bits per heavy atom. The molecule has 1 aromatic rings. The standard InChI is InChI=1S/C26H37N/c1-26-16-6-9-24(26)22-15-12-18-7-4-5-8-21(18)25(22)23(17-26)19-10-13-20(14-11-19)27(2)3/h10-11,13-14,18,22-24H,4-9,12,15-17H2,1-3H3/t18?,22-,23+,24-,26-/m0/s1. The van der Waals surface area contributed by atoms with Crippen molar-refractivity contribution in [3.8, 4) is 0 Å². The quantitative estimate of drug-likeness (QED) is 0.514. The highest BCUT2D eigenvalue weighted by Crippen LogP contribution is 2.64. The average Bonchev–Trinajstić information content (AvgIpc) is 3.08. The van der Waals surface area contributed by atoms with Gasteiger partial charge in [0.1, 0.15) is 0 Å². The third kappa shape index (κ3) is 2.88. The Morgan fingerprint density at radius 2 is 1.74 bits per heavy atom. The molecule has 5 atom stereocenters. The van der Waals surface area contributed by atoms with Gasteiger partial charge < -0.3 is 4.90 Å². The molecule has 0 heterocycles. The summed E-state index contributed by atoms with van der Waals surface area (Å²) >= 11 is 0. The van der Waals surface area contributed by atoms with Crippen molar-refractivity contribution in [2.24, 2.45) is 23.2 Å². The molecule has 1 heteroatoms. The van der Waals surface area contributed by atoms with Gasteiger partial charge in [-0.05, 0) is 92.2 Å². The lowest BCUT2D eigenvalue weighted by Gasteiger charge is -2.52. The van der Waals surface area contributed by atoms with Gasteiger partial charge in [-0.25, -0.2) is 0 Å². The summed E-state index contributed by atoms with van der Waals surface area (Å²) in [5, 5.41) is 0. The molecule has 1 nitrogen and oxygen atoms in total.